The number of halogens is 2. The van der Waals surface area contributed by atoms with Crippen LogP contribution in [0.15, 0.2) is 22.7 Å². The third-order valence-electron chi connectivity index (χ3n) is 1.93. The van der Waals surface area contributed by atoms with Gasteiger partial charge in [0, 0.05) is 16.0 Å². The largest absolute Gasteiger partial charge is 0.480 e. The molecule has 0 fully saturated rings. The fraction of sp³-hybridized carbons (Fsp3) is 0.273. The minimum absolute atomic E-state index is 0.121. The molecule has 6 nitrogen and oxygen atoms in total. The van der Waals surface area contributed by atoms with Crippen LogP contribution in [0.25, 0.3) is 0 Å². The van der Waals surface area contributed by atoms with Crippen LogP contribution in [0.3, 0.4) is 0 Å². The molecule has 1 aromatic rings. The number of benzene rings is 1. The molecule has 0 aliphatic rings. The zero-order valence-corrected chi connectivity index (χ0v) is 12.1. The van der Waals surface area contributed by atoms with Crippen LogP contribution in [0.2, 0.25) is 5.02 Å². The third kappa shape index (κ3) is 6.42. The van der Waals surface area contributed by atoms with Gasteiger partial charge in [-0.1, -0.05) is 11.6 Å². The first kappa shape index (κ1) is 15.7. The highest BCUT2D eigenvalue weighted by Gasteiger charge is 2.05. The summed E-state index contributed by atoms with van der Waals surface area (Å²) in [7, 11) is 0. The predicted octanol–water partition coefficient (Wildman–Crippen LogP) is 2.33. The number of nitrogens with one attached hydrogen (secondary N) is 2. The second kappa shape index (κ2) is 7.98. The molecule has 8 heteroatoms. The summed E-state index contributed by atoms with van der Waals surface area (Å²) >= 11 is 9.08. The number of aliphatic carboxylic acids is 1. The standard InChI is InChI=1S/C11H12BrClN2O4/c12-8-2-1-7(13)5-9(8)15-11(18)14-3-4-19-6-10(16)17/h1-2,5H,3-4,6H2,(H,16,17)(H2,14,15,18). The quantitative estimate of drug-likeness (QED) is 0.686. The Morgan fingerprint density at radius 2 is 2.16 bits per heavy atom. The van der Waals surface area contributed by atoms with Gasteiger partial charge in [-0.2, -0.15) is 0 Å². The van der Waals surface area contributed by atoms with E-state index in [2.05, 4.69) is 26.6 Å². The molecular formula is C11H12BrClN2O4. The molecule has 0 saturated carbocycles. The van der Waals surface area contributed by atoms with Crippen LogP contribution < -0.4 is 10.6 Å². The lowest BCUT2D eigenvalue weighted by atomic mass is 10.3. The van der Waals surface area contributed by atoms with E-state index in [0.29, 0.717) is 15.2 Å². The zero-order chi connectivity index (χ0) is 14.3. The molecule has 0 saturated heterocycles. The molecule has 0 spiro atoms. The van der Waals surface area contributed by atoms with E-state index in [1.807, 2.05) is 0 Å². The normalized spacial score (nSPS) is 10.0. The van der Waals surface area contributed by atoms with Gasteiger partial charge in [0.05, 0.1) is 12.3 Å². The molecule has 104 valence electrons. The molecule has 1 rings (SSSR count). The second-order valence-corrected chi connectivity index (χ2v) is 4.74. The van der Waals surface area contributed by atoms with E-state index in [1.54, 1.807) is 18.2 Å². The summed E-state index contributed by atoms with van der Waals surface area (Å²) in [6, 6.07) is 4.58. The van der Waals surface area contributed by atoms with E-state index in [0.717, 1.165) is 0 Å². The van der Waals surface area contributed by atoms with Crippen molar-refractivity contribution in [3.8, 4) is 0 Å². The Morgan fingerprint density at radius 3 is 2.84 bits per heavy atom. The fourth-order valence-electron chi connectivity index (χ4n) is 1.16. The summed E-state index contributed by atoms with van der Waals surface area (Å²) in [4.78, 5) is 21.7. The zero-order valence-electron chi connectivity index (χ0n) is 9.78. The first-order valence-electron chi connectivity index (χ1n) is 5.28. The maximum absolute atomic E-state index is 11.5. The van der Waals surface area contributed by atoms with Crippen molar-refractivity contribution in [1.29, 1.82) is 0 Å². The Morgan fingerprint density at radius 1 is 1.42 bits per heavy atom. The average molecular weight is 352 g/mol. The van der Waals surface area contributed by atoms with E-state index in [9.17, 15) is 9.59 Å². The first-order valence-corrected chi connectivity index (χ1v) is 6.45. The Kier molecular flexibility index (Phi) is 6.61. The van der Waals surface area contributed by atoms with Crippen LogP contribution in [0, 0.1) is 0 Å². The predicted molar refractivity (Wildman–Crippen MR) is 74.6 cm³/mol. The van der Waals surface area contributed by atoms with Crippen molar-refractivity contribution in [1.82, 2.24) is 5.32 Å². The third-order valence-corrected chi connectivity index (χ3v) is 2.86. The summed E-state index contributed by atoms with van der Waals surface area (Å²) in [6.45, 7) is -0.0587. The van der Waals surface area contributed by atoms with E-state index < -0.39 is 12.0 Å². The SMILES string of the molecule is O=C(O)COCCNC(=O)Nc1cc(Cl)ccc1Br. The molecular weight excluding hydrogens is 339 g/mol. The van der Waals surface area contributed by atoms with Crippen molar-refractivity contribution >= 4 is 45.2 Å². The molecule has 0 radical (unpaired) electrons. The Bertz CT molecular complexity index is 470. The molecule has 0 aliphatic heterocycles. The van der Waals surface area contributed by atoms with Crippen molar-refractivity contribution in [3.05, 3.63) is 27.7 Å². The maximum Gasteiger partial charge on any atom is 0.329 e. The van der Waals surface area contributed by atoms with Gasteiger partial charge in [-0.15, -0.1) is 0 Å². The molecule has 19 heavy (non-hydrogen) atoms. The van der Waals surface area contributed by atoms with Gasteiger partial charge in [-0.25, -0.2) is 9.59 Å². The summed E-state index contributed by atoms with van der Waals surface area (Å²) in [5.74, 6) is -1.05. The highest BCUT2D eigenvalue weighted by atomic mass is 79.9. The Labute approximate surface area is 123 Å². The topological polar surface area (TPSA) is 87.7 Å². The number of hydrogen-bond acceptors (Lipinski definition) is 3. The molecule has 0 atom stereocenters. The summed E-state index contributed by atoms with van der Waals surface area (Å²) in [5.41, 5.74) is 0.538. The number of carbonyl (C=O) groups excluding carboxylic acids is 1. The number of anilines is 1. The number of hydrogen-bond donors (Lipinski definition) is 3. The molecule has 0 aliphatic carbocycles. The van der Waals surface area contributed by atoms with E-state index in [4.69, 9.17) is 21.4 Å². The van der Waals surface area contributed by atoms with Crippen LogP contribution in [-0.4, -0.2) is 36.9 Å². The molecule has 0 heterocycles. The smallest absolute Gasteiger partial charge is 0.329 e. The van der Waals surface area contributed by atoms with Gasteiger partial charge < -0.3 is 20.5 Å². The number of carboxylic acids is 1. The number of amides is 2. The van der Waals surface area contributed by atoms with E-state index in [1.165, 1.54) is 0 Å². The van der Waals surface area contributed by atoms with Crippen LogP contribution in [0.4, 0.5) is 10.5 Å². The monoisotopic (exact) mass is 350 g/mol. The van der Waals surface area contributed by atoms with Gasteiger partial charge in [0.15, 0.2) is 0 Å². The highest BCUT2D eigenvalue weighted by Crippen LogP contribution is 2.25. The van der Waals surface area contributed by atoms with Crippen LogP contribution in [0.1, 0.15) is 0 Å². The highest BCUT2D eigenvalue weighted by molar-refractivity contribution is 9.10. The van der Waals surface area contributed by atoms with Crippen molar-refractivity contribution in [2.24, 2.45) is 0 Å². The molecule has 0 unspecified atom stereocenters. The van der Waals surface area contributed by atoms with Gasteiger partial charge in [-0.3, -0.25) is 0 Å². The van der Waals surface area contributed by atoms with Crippen LogP contribution >= 0.6 is 27.5 Å². The maximum atomic E-state index is 11.5. The molecule has 3 N–H and O–H groups in total. The van der Waals surface area contributed by atoms with Crippen molar-refractivity contribution in [3.63, 3.8) is 0 Å². The number of rotatable bonds is 6. The van der Waals surface area contributed by atoms with Crippen molar-refractivity contribution in [2.75, 3.05) is 25.1 Å². The lowest BCUT2D eigenvalue weighted by Crippen LogP contribution is -2.32. The number of carbonyl (C=O) groups is 2. The van der Waals surface area contributed by atoms with Gasteiger partial charge in [0.25, 0.3) is 0 Å². The van der Waals surface area contributed by atoms with Crippen molar-refractivity contribution in [2.45, 2.75) is 0 Å². The minimum atomic E-state index is -1.05. The number of carboxylic acid groups (broad SMARTS) is 1. The molecule has 0 aromatic heterocycles. The summed E-state index contributed by atoms with van der Waals surface area (Å²) < 4.78 is 5.47. The summed E-state index contributed by atoms with van der Waals surface area (Å²) in [5, 5.41) is 14.0. The van der Waals surface area contributed by atoms with Gasteiger partial charge in [0.1, 0.15) is 6.61 Å². The second-order valence-electron chi connectivity index (χ2n) is 3.45. The molecule has 1 aromatic carbocycles. The van der Waals surface area contributed by atoms with E-state index >= 15 is 0 Å². The Balaban J connectivity index is 2.31. The van der Waals surface area contributed by atoms with Crippen molar-refractivity contribution < 1.29 is 19.4 Å². The van der Waals surface area contributed by atoms with Gasteiger partial charge in [0.2, 0.25) is 0 Å². The first-order chi connectivity index (χ1) is 8.99. The molecule has 0 bridgehead atoms. The average Bonchev–Trinajstić information content (AvgIpc) is 2.33. The number of urea groups is 1. The molecule has 2 amide bonds. The van der Waals surface area contributed by atoms with Crippen LogP contribution in [-0.2, 0) is 9.53 Å². The van der Waals surface area contributed by atoms with E-state index in [-0.39, 0.29) is 19.8 Å². The fourth-order valence-corrected chi connectivity index (χ4v) is 1.67. The minimum Gasteiger partial charge on any atom is -0.480 e. The van der Waals surface area contributed by atoms with Gasteiger partial charge >= 0.3 is 12.0 Å². The van der Waals surface area contributed by atoms with Crippen LogP contribution in [0.5, 0.6) is 0 Å². The lowest BCUT2D eigenvalue weighted by Gasteiger charge is -2.09. The number of ether oxygens (including phenoxy) is 1. The lowest BCUT2D eigenvalue weighted by molar-refractivity contribution is -0.142. The Hall–Kier alpha value is -1.31. The summed E-state index contributed by atoms with van der Waals surface area (Å²) in [6.07, 6.45) is 0. The van der Waals surface area contributed by atoms with Gasteiger partial charge in [-0.05, 0) is 34.1 Å².